The maximum absolute atomic E-state index is 12.4. The van der Waals surface area contributed by atoms with E-state index in [4.69, 9.17) is 14.2 Å². The second-order valence-electron chi connectivity index (χ2n) is 7.86. The molecule has 0 aliphatic carbocycles. The average Bonchev–Trinajstić information content (AvgIpc) is 3.15. The molecule has 0 atom stereocenters. The Balaban J connectivity index is 1.55. The number of carbonyl (C=O) groups is 2. The molecule has 10 nitrogen and oxygen atoms in total. The third-order valence-corrected chi connectivity index (χ3v) is 6.96. The van der Waals surface area contributed by atoms with Gasteiger partial charge in [-0.3, -0.25) is 4.79 Å². The lowest BCUT2D eigenvalue weighted by Gasteiger charge is -2.19. The first kappa shape index (κ1) is 24.9. The van der Waals surface area contributed by atoms with Gasteiger partial charge >= 0.3 is 16.2 Å². The van der Waals surface area contributed by atoms with Crippen molar-refractivity contribution in [2.75, 3.05) is 31.7 Å². The summed E-state index contributed by atoms with van der Waals surface area (Å²) in [5.74, 6) is -1.01. The highest BCUT2D eigenvalue weighted by Gasteiger charge is 2.35. The van der Waals surface area contributed by atoms with Crippen molar-refractivity contribution in [1.82, 2.24) is 4.72 Å². The fourth-order valence-electron chi connectivity index (χ4n) is 3.86. The summed E-state index contributed by atoms with van der Waals surface area (Å²) in [7, 11) is -1.35. The van der Waals surface area contributed by atoms with Crippen LogP contribution in [-0.4, -0.2) is 52.8 Å². The predicted molar refractivity (Wildman–Crippen MR) is 131 cm³/mol. The molecule has 11 heteroatoms. The van der Waals surface area contributed by atoms with Crippen molar-refractivity contribution in [2.24, 2.45) is 0 Å². The van der Waals surface area contributed by atoms with Crippen molar-refractivity contribution in [3.8, 4) is 28.4 Å². The van der Waals surface area contributed by atoms with Crippen LogP contribution < -0.4 is 18.5 Å². The zero-order valence-electron chi connectivity index (χ0n) is 19.6. The monoisotopic (exact) mass is 512 g/mol. The van der Waals surface area contributed by atoms with Crippen LogP contribution in [0.5, 0.6) is 17.2 Å². The van der Waals surface area contributed by atoms with Gasteiger partial charge in [0.15, 0.2) is 0 Å². The summed E-state index contributed by atoms with van der Waals surface area (Å²) in [4.78, 5) is 23.7. The highest BCUT2D eigenvalue weighted by molar-refractivity contribution is 7.92. The summed E-state index contributed by atoms with van der Waals surface area (Å²) < 4.78 is 43.5. The third-order valence-electron chi connectivity index (χ3n) is 5.57. The van der Waals surface area contributed by atoms with Crippen LogP contribution >= 0.6 is 0 Å². The molecule has 0 aromatic heterocycles. The minimum atomic E-state index is -4.00. The smallest absolute Gasteiger partial charge is 0.345 e. The van der Waals surface area contributed by atoms with Crippen molar-refractivity contribution >= 4 is 27.8 Å². The Kier molecular flexibility index (Phi) is 7.02. The molecule has 0 spiro atoms. The van der Waals surface area contributed by atoms with E-state index in [0.717, 1.165) is 21.0 Å². The normalized spacial score (nSPS) is 14.3. The number of nitrogens with one attached hydrogen (secondary N) is 1. The lowest BCUT2D eigenvalue weighted by molar-refractivity contribution is -0.117. The first-order valence-corrected chi connectivity index (χ1v) is 12.3. The number of hydrogen-bond acceptors (Lipinski definition) is 8. The van der Waals surface area contributed by atoms with E-state index in [-0.39, 0.29) is 35.9 Å². The average molecular weight is 513 g/mol. The molecule has 3 aromatic carbocycles. The van der Waals surface area contributed by atoms with E-state index in [2.05, 4.69) is 0 Å². The maximum Gasteiger partial charge on any atom is 0.345 e. The second kappa shape index (κ2) is 10.2. The van der Waals surface area contributed by atoms with E-state index < -0.39 is 22.1 Å². The number of esters is 1. The fourth-order valence-corrected chi connectivity index (χ4v) is 5.01. The van der Waals surface area contributed by atoms with Gasteiger partial charge < -0.3 is 19.3 Å². The van der Waals surface area contributed by atoms with Gasteiger partial charge in [0.05, 0.1) is 26.5 Å². The molecule has 3 aromatic rings. The Labute approximate surface area is 208 Å². The van der Waals surface area contributed by atoms with Gasteiger partial charge in [0.1, 0.15) is 29.4 Å². The number of rotatable bonds is 8. The molecule has 0 radical (unpaired) electrons. The topological polar surface area (TPSA) is 131 Å². The van der Waals surface area contributed by atoms with Gasteiger partial charge in [0, 0.05) is 6.42 Å². The summed E-state index contributed by atoms with van der Waals surface area (Å²) in [6, 6.07) is 17.2. The molecule has 1 amide bonds. The number of ether oxygens (including phenoxy) is 3. The van der Waals surface area contributed by atoms with Crippen LogP contribution in [0.15, 0.2) is 60.7 Å². The second-order valence-corrected chi connectivity index (χ2v) is 9.46. The number of methoxy groups -OCH3 is 2. The van der Waals surface area contributed by atoms with E-state index in [1.807, 2.05) is 29.0 Å². The molecule has 1 aliphatic heterocycles. The Hall–Kier alpha value is -4.25. The highest BCUT2D eigenvalue weighted by atomic mass is 32.2. The molecule has 0 saturated carbocycles. The Morgan fingerprint density at radius 3 is 2.47 bits per heavy atom. The Morgan fingerprint density at radius 2 is 1.78 bits per heavy atom. The summed E-state index contributed by atoms with van der Waals surface area (Å²) in [6.07, 6.45) is 0.492. The van der Waals surface area contributed by atoms with Gasteiger partial charge in [0.25, 0.3) is 5.91 Å². The van der Waals surface area contributed by atoms with Gasteiger partial charge in [-0.2, -0.15) is 8.42 Å². The first-order chi connectivity index (χ1) is 17.2. The van der Waals surface area contributed by atoms with Crippen LogP contribution in [0.25, 0.3) is 11.1 Å². The minimum Gasteiger partial charge on any atom is -0.507 e. The molecular weight excluding hydrogens is 488 g/mol. The summed E-state index contributed by atoms with van der Waals surface area (Å²) >= 11 is 0. The van der Waals surface area contributed by atoms with Crippen LogP contribution in [0, 0.1) is 0 Å². The number of carbonyl (C=O) groups excluding carboxylic acids is 2. The third kappa shape index (κ3) is 5.05. The molecule has 188 valence electrons. The zero-order chi connectivity index (χ0) is 25.9. The highest BCUT2D eigenvalue weighted by Crippen LogP contribution is 2.36. The van der Waals surface area contributed by atoms with Crippen molar-refractivity contribution < 1.29 is 37.3 Å². The largest absolute Gasteiger partial charge is 0.507 e. The lowest BCUT2D eigenvalue weighted by atomic mass is 10.0. The molecule has 4 rings (SSSR count). The van der Waals surface area contributed by atoms with Crippen LogP contribution in [-0.2, 0) is 26.2 Å². The van der Waals surface area contributed by atoms with Crippen LogP contribution in [0.1, 0.15) is 15.9 Å². The molecule has 1 aliphatic rings. The fraction of sp³-hybridized carbons (Fsp3) is 0.200. The van der Waals surface area contributed by atoms with E-state index >= 15 is 0 Å². The maximum atomic E-state index is 12.4. The SMILES string of the molecule is COC(=O)c1c(O)cccc1OCCc1cccc(-c2ccc(OC)c(N3CC(=O)NS3(=O)=O)c2)c1. The van der Waals surface area contributed by atoms with Gasteiger partial charge in [0.2, 0.25) is 0 Å². The van der Waals surface area contributed by atoms with E-state index in [1.165, 1.54) is 20.3 Å². The van der Waals surface area contributed by atoms with Crippen molar-refractivity contribution in [3.63, 3.8) is 0 Å². The quantitative estimate of drug-likeness (QED) is 0.441. The number of benzene rings is 3. The number of hydrogen-bond donors (Lipinski definition) is 2. The van der Waals surface area contributed by atoms with Gasteiger partial charge in [-0.15, -0.1) is 0 Å². The number of nitrogens with zero attached hydrogens (tertiary/aromatic N) is 1. The zero-order valence-corrected chi connectivity index (χ0v) is 20.4. The number of aromatic hydroxyl groups is 1. The van der Waals surface area contributed by atoms with E-state index in [9.17, 15) is 23.1 Å². The standard InChI is InChI=1S/C25H24N2O8S/c1-33-21-10-9-18(14-19(21)27-15-23(29)26-36(27,31)32)17-6-3-5-16(13-17)11-12-35-22-8-4-7-20(28)24(22)25(30)34-2/h3-10,13-14,28H,11-12,15H2,1-2H3,(H,26,29). The number of amides is 1. The lowest BCUT2D eigenvalue weighted by Crippen LogP contribution is -2.29. The number of phenolic OH excluding ortho intramolecular Hbond substituents is 1. The van der Waals surface area contributed by atoms with Crippen molar-refractivity contribution in [2.45, 2.75) is 6.42 Å². The number of phenols is 1. The van der Waals surface area contributed by atoms with E-state index in [1.54, 1.807) is 30.3 Å². The molecule has 36 heavy (non-hydrogen) atoms. The predicted octanol–water partition coefficient (Wildman–Crippen LogP) is 2.66. The molecule has 1 fully saturated rings. The summed E-state index contributed by atoms with van der Waals surface area (Å²) in [6.45, 7) is -0.104. The van der Waals surface area contributed by atoms with E-state index in [0.29, 0.717) is 12.2 Å². The van der Waals surface area contributed by atoms with Crippen LogP contribution in [0.3, 0.4) is 0 Å². The molecule has 2 N–H and O–H groups in total. The molecule has 1 heterocycles. The summed E-state index contributed by atoms with van der Waals surface area (Å²) in [5, 5.41) is 10.0. The Morgan fingerprint density at radius 1 is 1.03 bits per heavy atom. The minimum absolute atomic E-state index is 0.0376. The van der Waals surface area contributed by atoms with Crippen LogP contribution in [0.4, 0.5) is 5.69 Å². The molecule has 0 unspecified atom stereocenters. The molecule has 1 saturated heterocycles. The first-order valence-electron chi connectivity index (χ1n) is 10.9. The molecule has 0 bridgehead atoms. The number of anilines is 1. The summed E-state index contributed by atoms with van der Waals surface area (Å²) in [5.41, 5.74) is 2.69. The van der Waals surface area contributed by atoms with Crippen molar-refractivity contribution in [3.05, 3.63) is 71.8 Å². The van der Waals surface area contributed by atoms with Crippen LogP contribution in [0.2, 0.25) is 0 Å². The van der Waals surface area contributed by atoms with Gasteiger partial charge in [-0.05, 0) is 41.0 Å². The van der Waals surface area contributed by atoms with Gasteiger partial charge in [-0.25, -0.2) is 13.8 Å². The van der Waals surface area contributed by atoms with Gasteiger partial charge in [-0.1, -0.05) is 36.4 Å². The van der Waals surface area contributed by atoms with Crippen molar-refractivity contribution in [1.29, 1.82) is 0 Å². The Bertz CT molecular complexity index is 1420. The molecular formula is C25H24N2O8S.